The van der Waals surface area contributed by atoms with E-state index in [1.807, 2.05) is 24.3 Å². The van der Waals surface area contributed by atoms with Gasteiger partial charge < -0.3 is 14.4 Å². The van der Waals surface area contributed by atoms with Crippen molar-refractivity contribution in [2.75, 3.05) is 44.9 Å². The molecule has 2 aromatic heterocycles. The molecule has 1 amide bonds. The number of carbonyl (C=O) groups is 1. The molecule has 11 heteroatoms. The second kappa shape index (κ2) is 9.23. The summed E-state index contributed by atoms with van der Waals surface area (Å²) in [6.07, 6.45) is 3.34. The lowest BCUT2D eigenvalue weighted by molar-refractivity contribution is -0.121. The van der Waals surface area contributed by atoms with Crippen LogP contribution < -0.4 is 19.9 Å². The fraction of sp³-hybridized carbons (Fsp3) is 0.280. The highest BCUT2D eigenvalue weighted by molar-refractivity contribution is 8.26. The molecule has 9 nitrogen and oxygen atoms in total. The summed E-state index contributed by atoms with van der Waals surface area (Å²) in [6, 6.07) is 11.5. The quantitative estimate of drug-likeness (QED) is 0.380. The van der Waals surface area contributed by atoms with Crippen LogP contribution in [0.5, 0.6) is 11.5 Å². The molecule has 3 aliphatic rings. The molecule has 2 saturated heterocycles. The van der Waals surface area contributed by atoms with Gasteiger partial charge in [0.1, 0.15) is 15.8 Å². The van der Waals surface area contributed by atoms with Crippen LogP contribution in [0.4, 0.5) is 5.82 Å². The second-order valence-corrected chi connectivity index (χ2v) is 10.5. The SMILES string of the molecule is CN1C(=O)/C(=C/c2c(N3CCN(Cc4ccc5c(c4)OCO5)CC3)nc3ccccn3c2=O)SC1=S. The van der Waals surface area contributed by atoms with E-state index >= 15 is 0 Å². The van der Waals surface area contributed by atoms with Gasteiger partial charge in [-0.15, -0.1) is 0 Å². The number of ether oxygens (including phenoxy) is 2. The Morgan fingerprint density at radius 2 is 1.89 bits per heavy atom. The maximum atomic E-state index is 13.5. The standard InChI is InChI=1S/C25H23N5O4S2/c1-27-24(32)20(36-25(27)35)13-17-22(26-21-4-2-3-7-30(21)23(17)31)29-10-8-28(9-11-29)14-16-5-6-18-19(12-16)34-15-33-18/h2-7,12-13H,8-11,14-15H2,1H3/b20-13-. The number of pyridine rings is 1. The van der Waals surface area contributed by atoms with Crippen molar-refractivity contribution in [1.29, 1.82) is 0 Å². The van der Waals surface area contributed by atoms with Gasteiger partial charge >= 0.3 is 0 Å². The molecular formula is C25H23N5O4S2. The van der Waals surface area contributed by atoms with Gasteiger partial charge in [0.15, 0.2) is 11.5 Å². The van der Waals surface area contributed by atoms with Gasteiger partial charge in [-0.25, -0.2) is 4.98 Å². The van der Waals surface area contributed by atoms with E-state index in [-0.39, 0.29) is 18.3 Å². The third-order valence-electron chi connectivity index (χ3n) is 6.53. The number of piperazine rings is 1. The number of likely N-dealkylation sites (N-methyl/N-ethyl adjacent to an activating group) is 1. The Morgan fingerprint density at radius 1 is 1.08 bits per heavy atom. The molecule has 36 heavy (non-hydrogen) atoms. The largest absolute Gasteiger partial charge is 0.454 e. The highest BCUT2D eigenvalue weighted by atomic mass is 32.2. The van der Waals surface area contributed by atoms with E-state index in [0.717, 1.165) is 36.7 Å². The third kappa shape index (κ3) is 4.12. The number of anilines is 1. The summed E-state index contributed by atoms with van der Waals surface area (Å²) in [5, 5.41) is 0. The van der Waals surface area contributed by atoms with Crippen LogP contribution in [-0.2, 0) is 11.3 Å². The van der Waals surface area contributed by atoms with Gasteiger partial charge in [-0.3, -0.25) is 23.8 Å². The molecule has 0 N–H and O–H groups in total. The number of thiocarbonyl (C=S) groups is 1. The van der Waals surface area contributed by atoms with E-state index in [2.05, 4.69) is 15.9 Å². The zero-order valence-electron chi connectivity index (χ0n) is 19.5. The Labute approximate surface area is 216 Å². The molecule has 0 spiro atoms. The van der Waals surface area contributed by atoms with Crippen molar-refractivity contribution in [2.24, 2.45) is 0 Å². The molecule has 0 bridgehead atoms. The van der Waals surface area contributed by atoms with Crippen molar-refractivity contribution in [3.05, 3.63) is 69.0 Å². The van der Waals surface area contributed by atoms with E-state index in [9.17, 15) is 9.59 Å². The number of carbonyl (C=O) groups excluding carboxylic acids is 1. The van der Waals surface area contributed by atoms with Gasteiger partial charge in [0.2, 0.25) is 6.79 Å². The van der Waals surface area contributed by atoms with Crippen molar-refractivity contribution in [3.63, 3.8) is 0 Å². The fourth-order valence-electron chi connectivity index (χ4n) is 4.55. The predicted molar refractivity (Wildman–Crippen MR) is 142 cm³/mol. The number of nitrogens with zero attached hydrogens (tertiary/aromatic N) is 5. The zero-order chi connectivity index (χ0) is 24.8. The normalized spacial score (nSPS) is 19.2. The van der Waals surface area contributed by atoms with Crippen LogP contribution in [-0.4, -0.2) is 69.4 Å². The first-order valence-electron chi connectivity index (χ1n) is 11.6. The average Bonchev–Trinajstić information content (AvgIpc) is 3.46. The van der Waals surface area contributed by atoms with Gasteiger partial charge in [-0.05, 0) is 35.9 Å². The number of fused-ring (bicyclic) bond motifs is 2. The van der Waals surface area contributed by atoms with Crippen LogP contribution >= 0.6 is 24.0 Å². The third-order valence-corrected chi connectivity index (χ3v) is 8.01. The minimum atomic E-state index is -0.209. The van der Waals surface area contributed by atoms with Crippen molar-refractivity contribution in [1.82, 2.24) is 19.2 Å². The number of hydrogen-bond acceptors (Lipinski definition) is 9. The summed E-state index contributed by atoms with van der Waals surface area (Å²) in [5.41, 5.74) is 1.93. The molecule has 184 valence electrons. The van der Waals surface area contributed by atoms with Gasteiger partial charge in [0.25, 0.3) is 11.5 Å². The Bertz CT molecular complexity index is 1480. The van der Waals surface area contributed by atoms with E-state index in [1.165, 1.54) is 21.1 Å². The minimum absolute atomic E-state index is 0.206. The van der Waals surface area contributed by atoms with Crippen LogP contribution in [0.3, 0.4) is 0 Å². The molecule has 6 rings (SSSR count). The van der Waals surface area contributed by atoms with Crippen LogP contribution in [0, 0.1) is 0 Å². The molecule has 0 atom stereocenters. The molecule has 3 aliphatic heterocycles. The summed E-state index contributed by atoms with van der Waals surface area (Å²) >= 11 is 6.47. The average molecular weight is 522 g/mol. The molecular weight excluding hydrogens is 498 g/mol. The predicted octanol–water partition coefficient (Wildman–Crippen LogP) is 2.58. The maximum absolute atomic E-state index is 13.5. The maximum Gasteiger partial charge on any atom is 0.267 e. The summed E-state index contributed by atoms with van der Waals surface area (Å²) in [5.74, 6) is 1.95. The lowest BCUT2D eigenvalue weighted by atomic mass is 10.1. The van der Waals surface area contributed by atoms with E-state index in [1.54, 1.807) is 25.4 Å². The molecule has 1 aromatic carbocycles. The first-order chi connectivity index (χ1) is 17.5. The number of hydrogen-bond donors (Lipinski definition) is 0. The molecule has 5 heterocycles. The molecule has 3 aromatic rings. The van der Waals surface area contributed by atoms with Crippen LogP contribution in [0.15, 0.2) is 52.3 Å². The van der Waals surface area contributed by atoms with Gasteiger partial charge in [0.05, 0.1) is 10.5 Å². The molecule has 2 fully saturated rings. The van der Waals surface area contributed by atoms with Crippen molar-refractivity contribution >= 4 is 51.7 Å². The van der Waals surface area contributed by atoms with Crippen LogP contribution in [0.2, 0.25) is 0 Å². The zero-order valence-corrected chi connectivity index (χ0v) is 21.2. The van der Waals surface area contributed by atoms with Gasteiger partial charge in [-0.2, -0.15) is 0 Å². The van der Waals surface area contributed by atoms with Gasteiger partial charge in [-0.1, -0.05) is 36.1 Å². The minimum Gasteiger partial charge on any atom is -0.454 e. The van der Waals surface area contributed by atoms with Crippen molar-refractivity contribution in [3.8, 4) is 11.5 Å². The molecule has 0 radical (unpaired) electrons. The summed E-state index contributed by atoms with van der Waals surface area (Å²) in [7, 11) is 1.64. The van der Waals surface area contributed by atoms with Crippen LogP contribution in [0.1, 0.15) is 11.1 Å². The lowest BCUT2D eigenvalue weighted by Gasteiger charge is -2.36. The Kier molecular flexibility index (Phi) is 5.90. The summed E-state index contributed by atoms with van der Waals surface area (Å²) in [4.78, 5) is 37.3. The monoisotopic (exact) mass is 521 g/mol. The van der Waals surface area contributed by atoms with Crippen molar-refractivity contribution in [2.45, 2.75) is 6.54 Å². The van der Waals surface area contributed by atoms with E-state index in [0.29, 0.717) is 39.3 Å². The molecule has 0 aliphatic carbocycles. The summed E-state index contributed by atoms with van der Waals surface area (Å²) < 4.78 is 12.9. The summed E-state index contributed by atoms with van der Waals surface area (Å²) in [6.45, 7) is 4.08. The fourth-order valence-corrected chi connectivity index (χ4v) is 5.71. The Hall–Kier alpha value is -3.41. The Balaban J connectivity index is 1.28. The number of rotatable bonds is 4. The van der Waals surface area contributed by atoms with Crippen LogP contribution in [0.25, 0.3) is 11.7 Å². The first kappa shape index (κ1) is 23.0. The number of benzene rings is 1. The topological polar surface area (TPSA) is 79.6 Å². The number of amides is 1. The van der Waals surface area contributed by atoms with Gasteiger partial charge in [0, 0.05) is 46.0 Å². The first-order valence-corrected chi connectivity index (χ1v) is 12.8. The van der Waals surface area contributed by atoms with E-state index in [4.69, 9.17) is 26.7 Å². The molecule has 0 unspecified atom stereocenters. The highest BCUT2D eigenvalue weighted by Crippen LogP contribution is 2.34. The number of aromatic nitrogens is 2. The molecule has 0 saturated carbocycles. The smallest absolute Gasteiger partial charge is 0.267 e. The van der Waals surface area contributed by atoms with E-state index < -0.39 is 0 Å². The second-order valence-electron chi connectivity index (χ2n) is 8.77. The lowest BCUT2D eigenvalue weighted by Crippen LogP contribution is -2.47. The highest BCUT2D eigenvalue weighted by Gasteiger charge is 2.30. The van der Waals surface area contributed by atoms with Crippen molar-refractivity contribution < 1.29 is 14.3 Å². The Morgan fingerprint density at radius 3 is 2.67 bits per heavy atom. The number of thioether (sulfide) groups is 1.